The molecule has 0 aromatic heterocycles. The van der Waals surface area contributed by atoms with Crippen molar-refractivity contribution in [1.29, 1.82) is 0 Å². The smallest absolute Gasteiger partial charge is 0.296 e. The minimum atomic E-state index is -5.03. The molecule has 15 nitrogen and oxygen atoms in total. The quantitative estimate of drug-likeness (QED) is 0.0998. The zero-order valence-electron chi connectivity index (χ0n) is 21.1. The maximum atomic E-state index is 12.0. The Morgan fingerprint density at radius 3 is 1.85 bits per heavy atom. The summed E-state index contributed by atoms with van der Waals surface area (Å²) in [6.45, 7) is 0. The first kappa shape index (κ1) is 29.2. The zero-order valence-corrected chi connectivity index (χ0v) is 22.8. The third-order valence-electron chi connectivity index (χ3n) is 5.60. The number of nitrogens with zero attached hydrogens (tertiary/aromatic N) is 4. The van der Waals surface area contributed by atoms with Crippen molar-refractivity contribution < 1.29 is 45.6 Å². The van der Waals surface area contributed by atoms with Crippen molar-refractivity contribution in [2.45, 2.75) is 9.79 Å². The number of rotatable bonds is 8. The van der Waals surface area contributed by atoms with E-state index in [0.29, 0.717) is 34.6 Å². The molecule has 4 aromatic carbocycles. The van der Waals surface area contributed by atoms with Gasteiger partial charge in [0.2, 0.25) is 0 Å². The molecule has 0 saturated heterocycles. The highest BCUT2D eigenvalue weighted by atomic mass is 32.2. The monoisotopic (exact) mass is 603 g/mol. The number of hydrogen-bond donors (Lipinski definition) is 5. The van der Waals surface area contributed by atoms with E-state index >= 15 is 0 Å². The van der Waals surface area contributed by atoms with Crippen molar-refractivity contribution in [3.05, 3.63) is 54.6 Å². The summed E-state index contributed by atoms with van der Waals surface area (Å²) in [7, 11) is -6.93. The van der Waals surface area contributed by atoms with Gasteiger partial charge in [-0.15, -0.1) is 10.2 Å². The first-order valence-electron chi connectivity index (χ1n) is 11.2. The van der Waals surface area contributed by atoms with Gasteiger partial charge in [-0.2, -0.15) is 27.1 Å². The number of methoxy groups -OCH3 is 2. The number of aromatic hydroxyl groups is 2. The average Bonchev–Trinajstić information content (AvgIpc) is 2.90. The van der Waals surface area contributed by atoms with E-state index in [1.54, 1.807) is 6.07 Å². The van der Waals surface area contributed by atoms with E-state index in [-0.39, 0.29) is 11.1 Å². The van der Waals surface area contributed by atoms with Crippen LogP contribution < -0.4 is 15.2 Å². The lowest BCUT2D eigenvalue weighted by Crippen LogP contribution is -2.01. The second-order valence-electron chi connectivity index (χ2n) is 8.24. The summed E-state index contributed by atoms with van der Waals surface area (Å²) in [5, 5.41) is 36.1. The largest absolute Gasteiger partial charge is 0.507 e. The van der Waals surface area contributed by atoms with Gasteiger partial charge >= 0.3 is 0 Å². The molecular weight excluding hydrogens is 582 g/mol. The lowest BCUT2D eigenvalue weighted by atomic mass is 10.1. The van der Waals surface area contributed by atoms with Gasteiger partial charge < -0.3 is 25.4 Å². The van der Waals surface area contributed by atoms with Crippen LogP contribution in [0.5, 0.6) is 23.0 Å². The average molecular weight is 604 g/mol. The third-order valence-corrected chi connectivity index (χ3v) is 7.30. The minimum absolute atomic E-state index is 0.169. The van der Waals surface area contributed by atoms with E-state index in [0.717, 1.165) is 12.1 Å². The Morgan fingerprint density at radius 2 is 1.32 bits per heavy atom. The number of hydrogen-bond acceptors (Lipinski definition) is 13. The summed E-state index contributed by atoms with van der Waals surface area (Å²) in [5.74, 6) is -0.987. The summed E-state index contributed by atoms with van der Waals surface area (Å²) < 4.78 is 76.4. The summed E-state index contributed by atoms with van der Waals surface area (Å²) in [4.78, 5) is -1.71. The van der Waals surface area contributed by atoms with Crippen LogP contribution in [0, 0.1) is 0 Å². The number of benzene rings is 4. The fourth-order valence-electron chi connectivity index (χ4n) is 3.67. The number of anilines is 1. The molecule has 0 bridgehead atoms. The highest BCUT2D eigenvalue weighted by molar-refractivity contribution is 7.86. The molecule has 6 N–H and O–H groups in total. The molecule has 0 fully saturated rings. The van der Waals surface area contributed by atoms with Gasteiger partial charge in [-0.25, -0.2) is 0 Å². The first-order valence-corrected chi connectivity index (χ1v) is 14.0. The van der Waals surface area contributed by atoms with Crippen molar-refractivity contribution in [1.82, 2.24) is 0 Å². The van der Waals surface area contributed by atoms with E-state index in [4.69, 9.17) is 15.2 Å². The molecule has 0 unspecified atom stereocenters. The van der Waals surface area contributed by atoms with E-state index in [9.17, 15) is 36.2 Å². The second kappa shape index (κ2) is 11.0. The van der Waals surface area contributed by atoms with Gasteiger partial charge in [0.1, 0.15) is 33.5 Å². The predicted molar refractivity (Wildman–Crippen MR) is 146 cm³/mol. The summed E-state index contributed by atoms with van der Waals surface area (Å²) in [6.07, 6.45) is 0. The molecule has 4 rings (SSSR count). The lowest BCUT2D eigenvalue weighted by Gasteiger charge is -2.11. The van der Waals surface area contributed by atoms with E-state index in [1.165, 1.54) is 44.6 Å². The Kier molecular flexibility index (Phi) is 7.80. The summed E-state index contributed by atoms with van der Waals surface area (Å²) >= 11 is 0. The van der Waals surface area contributed by atoms with E-state index < -0.39 is 52.6 Å². The fraction of sp³-hybridized carbons (Fsp3) is 0.0833. The molecule has 0 heterocycles. The number of phenols is 2. The first-order chi connectivity index (χ1) is 19.2. The standard InChI is InChI=1S/C24H21N5O10S2/c1-38-19-11-17(20(39-2)10-16(19)25)28-26-13-3-5-14(6-4-13)27-29-23-21(41(35,36)37)8-12-7-15(40(32,33)34)9-18(30)22(12)24(23)31/h3-11,30-31H,25H2,1-2H3,(H,32,33,34)(H,35,36,37). The molecule has 0 amide bonds. The number of fused-ring (bicyclic) bond motifs is 1. The summed E-state index contributed by atoms with van der Waals surface area (Å²) in [6, 6.07) is 11.2. The van der Waals surface area contributed by atoms with Gasteiger partial charge in [0.05, 0.1) is 41.6 Å². The van der Waals surface area contributed by atoms with Crippen LogP contribution in [0.15, 0.2) is 84.8 Å². The lowest BCUT2D eigenvalue weighted by molar-refractivity contribution is 0.406. The Hall–Kier alpha value is -4.84. The highest BCUT2D eigenvalue weighted by Crippen LogP contribution is 2.45. The van der Waals surface area contributed by atoms with E-state index in [2.05, 4.69) is 20.5 Å². The number of nitrogens with two attached hydrogens (primary N) is 1. The van der Waals surface area contributed by atoms with Crippen LogP contribution >= 0.6 is 0 Å². The van der Waals surface area contributed by atoms with Crippen molar-refractivity contribution >= 4 is 59.4 Å². The third kappa shape index (κ3) is 6.17. The zero-order chi connectivity index (χ0) is 30.1. The molecule has 0 aliphatic rings. The Morgan fingerprint density at radius 1 is 0.732 bits per heavy atom. The molecule has 0 aliphatic carbocycles. The molecule has 17 heteroatoms. The predicted octanol–water partition coefficient (Wildman–Crippen LogP) is 5.17. The Labute approximate surface area is 232 Å². The molecule has 0 radical (unpaired) electrons. The van der Waals surface area contributed by atoms with Gasteiger partial charge in [0, 0.05) is 18.2 Å². The van der Waals surface area contributed by atoms with Gasteiger partial charge in [-0.05, 0) is 41.8 Å². The van der Waals surface area contributed by atoms with Crippen LogP contribution in [0.3, 0.4) is 0 Å². The van der Waals surface area contributed by atoms with Crippen LogP contribution in [0.2, 0.25) is 0 Å². The van der Waals surface area contributed by atoms with Gasteiger partial charge in [0.15, 0.2) is 5.75 Å². The SMILES string of the molecule is COc1cc(N=Nc2ccc(N=Nc3c(S(=O)(=O)O)cc4cc(S(=O)(=O)O)cc(O)c4c3O)cc2)c(OC)cc1N. The summed E-state index contributed by atoms with van der Waals surface area (Å²) in [5.41, 5.74) is 6.38. The van der Waals surface area contributed by atoms with Crippen LogP contribution in [0.1, 0.15) is 0 Å². The highest BCUT2D eigenvalue weighted by Gasteiger charge is 2.25. The van der Waals surface area contributed by atoms with Crippen LogP contribution in [-0.2, 0) is 20.2 Å². The van der Waals surface area contributed by atoms with Crippen LogP contribution in [0.4, 0.5) is 28.4 Å². The molecule has 214 valence electrons. The Balaban J connectivity index is 1.70. The molecule has 4 aromatic rings. The number of nitrogen functional groups attached to an aromatic ring is 1. The minimum Gasteiger partial charge on any atom is -0.507 e. The van der Waals surface area contributed by atoms with Crippen molar-refractivity contribution in [2.24, 2.45) is 20.5 Å². The molecule has 0 atom stereocenters. The van der Waals surface area contributed by atoms with Crippen molar-refractivity contribution in [3.8, 4) is 23.0 Å². The molecule has 0 saturated carbocycles. The maximum absolute atomic E-state index is 12.0. The maximum Gasteiger partial charge on any atom is 0.296 e. The van der Waals surface area contributed by atoms with Crippen LogP contribution in [-0.4, -0.2) is 50.4 Å². The second-order valence-corrected chi connectivity index (χ2v) is 11.1. The molecule has 41 heavy (non-hydrogen) atoms. The van der Waals surface area contributed by atoms with Crippen LogP contribution in [0.25, 0.3) is 10.8 Å². The molecular formula is C24H21N5O10S2. The van der Waals surface area contributed by atoms with Crippen molar-refractivity contribution in [2.75, 3.05) is 20.0 Å². The van der Waals surface area contributed by atoms with Gasteiger partial charge in [-0.3, -0.25) is 9.11 Å². The van der Waals surface area contributed by atoms with Gasteiger partial charge in [0.25, 0.3) is 20.2 Å². The number of azo groups is 2. The van der Waals surface area contributed by atoms with Crippen molar-refractivity contribution in [3.63, 3.8) is 0 Å². The normalized spacial score (nSPS) is 12.4. The molecule has 0 aliphatic heterocycles. The Bertz CT molecular complexity index is 1940. The van der Waals surface area contributed by atoms with E-state index in [1.807, 2.05) is 0 Å². The fourth-order valence-corrected chi connectivity index (χ4v) is 4.86. The number of phenolic OH excluding ortho intramolecular Hbond substituents is 2. The number of ether oxygens (including phenoxy) is 2. The van der Waals surface area contributed by atoms with Gasteiger partial charge in [-0.1, -0.05) is 0 Å². The topological polar surface area (TPSA) is 243 Å². The molecule has 0 spiro atoms.